The van der Waals surface area contributed by atoms with Crippen LogP contribution in [0.1, 0.15) is 19.3 Å². The molecular formula is C7H17N3. The van der Waals surface area contributed by atoms with Gasteiger partial charge in [0.05, 0.1) is 0 Å². The Labute approximate surface area is 62.2 Å². The number of hydrogen-bond donors (Lipinski definition) is 3. The van der Waals surface area contributed by atoms with Gasteiger partial charge >= 0.3 is 0 Å². The van der Waals surface area contributed by atoms with Crippen LogP contribution >= 0.6 is 0 Å². The molecule has 0 bridgehead atoms. The lowest BCUT2D eigenvalue weighted by atomic mass is 10.1. The van der Waals surface area contributed by atoms with Gasteiger partial charge in [0, 0.05) is 25.2 Å². The van der Waals surface area contributed by atoms with Crippen molar-refractivity contribution in [3.8, 4) is 0 Å². The molecule has 0 spiro atoms. The zero-order valence-corrected chi connectivity index (χ0v) is 6.34. The molecule has 0 amide bonds. The predicted molar refractivity (Wildman–Crippen MR) is 42.7 cm³/mol. The Hall–Kier alpha value is -0.120. The summed E-state index contributed by atoms with van der Waals surface area (Å²) >= 11 is 0. The summed E-state index contributed by atoms with van der Waals surface area (Å²) in [6.07, 6.45) is 3.55. The summed E-state index contributed by atoms with van der Waals surface area (Å²) in [6.45, 7) is 1.68. The lowest BCUT2D eigenvalue weighted by molar-refractivity contribution is 0.511. The molecule has 0 aliphatic carbocycles. The molecule has 0 aromatic carbocycles. The average molecular weight is 143 g/mol. The third-order valence-corrected chi connectivity index (χ3v) is 2.08. The van der Waals surface area contributed by atoms with Crippen molar-refractivity contribution in [2.75, 3.05) is 13.1 Å². The summed E-state index contributed by atoms with van der Waals surface area (Å²) in [5, 5.41) is 3.33. The monoisotopic (exact) mass is 143 g/mol. The molecule has 0 saturated carbocycles. The Balaban J connectivity index is 2.26. The molecule has 0 aromatic heterocycles. The van der Waals surface area contributed by atoms with Crippen LogP contribution in [0.15, 0.2) is 0 Å². The number of rotatable bonds is 1. The van der Waals surface area contributed by atoms with E-state index in [2.05, 4.69) is 5.32 Å². The van der Waals surface area contributed by atoms with Crippen LogP contribution in [0.25, 0.3) is 0 Å². The van der Waals surface area contributed by atoms with Crippen molar-refractivity contribution >= 4 is 0 Å². The zero-order chi connectivity index (χ0) is 7.40. The van der Waals surface area contributed by atoms with E-state index >= 15 is 0 Å². The van der Waals surface area contributed by atoms with Gasteiger partial charge in [-0.1, -0.05) is 6.42 Å². The van der Waals surface area contributed by atoms with E-state index in [1.54, 1.807) is 0 Å². The van der Waals surface area contributed by atoms with Crippen molar-refractivity contribution in [1.29, 1.82) is 0 Å². The molecule has 5 N–H and O–H groups in total. The highest BCUT2D eigenvalue weighted by Crippen LogP contribution is 2.06. The van der Waals surface area contributed by atoms with Gasteiger partial charge in [-0.25, -0.2) is 0 Å². The number of hydrogen-bond acceptors (Lipinski definition) is 3. The number of nitrogens with one attached hydrogen (secondary N) is 1. The van der Waals surface area contributed by atoms with E-state index < -0.39 is 0 Å². The second kappa shape index (κ2) is 3.91. The molecule has 0 radical (unpaired) electrons. The Kier molecular flexibility index (Phi) is 3.12. The van der Waals surface area contributed by atoms with Crippen molar-refractivity contribution in [2.24, 2.45) is 11.5 Å². The molecule has 10 heavy (non-hydrogen) atoms. The average Bonchev–Trinajstić information content (AvgIpc) is 2.14. The molecule has 60 valence electrons. The fourth-order valence-electron chi connectivity index (χ4n) is 1.35. The van der Waals surface area contributed by atoms with E-state index in [1.807, 2.05) is 0 Å². The van der Waals surface area contributed by atoms with E-state index in [-0.39, 0.29) is 0 Å². The topological polar surface area (TPSA) is 64.1 Å². The van der Waals surface area contributed by atoms with Crippen molar-refractivity contribution in [1.82, 2.24) is 5.32 Å². The van der Waals surface area contributed by atoms with E-state index in [1.165, 1.54) is 12.8 Å². The Morgan fingerprint density at radius 3 is 2.90 bits per heavy atom. The zero-order valence-electron chi connectivity index (χ0n) is 6.34. The molecule has 0 aromatic rings. The van der Waals surface area contributed by atoms with E-state index in [0.29, 0.717) is 12.1 Å². The molecule has 3 heteroatoms. The smallest absolute Gasteiger partial charge is 0.0190 e. The van der Waals surface area contributed by atoms with Crippen molar-refractivity contribution in [2.45, 2.75) is 31.3 Å². The fourth-order valence-corrected chi connectivity index (χ4v) is 1.35. The SMILES string of the molecule is NC[C@@H]1CCC[C@H](N)CN1. The summed E-state index contributed by atoms with van der Waals surface area (Å²) in [7, 11) is 0. The first-order valence-electron chi connectivity index (χ1n) is 4.02. The molecule has 1 fully saturated rings. The molecule has 1 saturated heterocycles. The van der Waals surface area contributed by atoms with Crippen LogP contribution in [0, 0.1) is 0 Å². The summed E-state index contributed by atoms with van der Waals surface area (Å²) in [6, 6.07) is 0.852. The van der Waals surface area contributed by atoms with Crippen LogP contribution in [0.5, 0.6) is 0 Å². The van der Waals surface area contributed by atoms with Crippen LogP contribution in [-0.4, -0.2) is 25.2 Å². The van der Waals surface area contributed by atoms with Crippen LogP contribution < -0.4 is 16.8 Å². The summed E-state index contributed by atoms with van der Waals surface area (Å²) in [4.78, 5) is 0. The van der Waals surface area contributed by atoms with E-state index in [9.17, 15) is 0 Å². The van der Waals surface area contributed by atoms with E-state index in [4.69, 9.17) is 11.5 Å². The van der Waals surface area contributed by atoms with E-state index in [0.717, 1.165) is 19.5 Å². The largest absolute Gasteiger partial charge is 0.329 e. The first-order valence-corrected chi connectivity index (χ1v) is 4.02. The molecule has 3 nitrogen and oxygen atoms in total. The summed E-state index contributed by atoms with van der Waals surface area (Å²) in [5.41, 5.74) is 11.3. The van der Waals surface area contributed by atoms with Crippen molar-refractivity contribution in [3.63, 3.8) is 0 Å². The standard InChI is InChI=1S/C7H17N3/c8-4-7-3-1-2-6(9)5-10-7/h6-7,10H,1-5,8-9H2/t6-,7-/m0/s1. The molecule has 1 aliphatic heterocycles. The minimum absolute atomic E-state index is 0.344. The van der Waals surface area contributed by atoms with Gasteiger partial charge in [-0.15, -0.1) is 0 Å². The second-order valence-electron chi connectivity index (χ2n) is 3.03. The highest BCUT2D eigenvalue weighted by molar-refractivity contribution is 4.77. The minimum Gasteiger partial charge on any atom is -0.329 e. The normalized spacial score (nSPS) is 35.4. The lowest BCUT2D eigenvalue weighted by Gasteiger charge is -2.12. The molecule has 1 aliphatic rings. The van der Waals surface area contributed by atoms with Gasteiger partial charge in [-0.2, -0.15) is 0 Å². The first kappa shape index (κ1) is 7.98. The predicted octanol–water partition coefficient (Wildman–Crippen LogP) is -0.585. The molecule has 2 atom stereocenters. The highest BCUT2D eigenvalue weighted by Gasteiger charge is 2.13. The van der Waals surface area contributed by atoms with Gasteiger partial charge in [0.25, 0.3) is 0 Å². The second-order valence-corrected chi connectivity index (χ2v) is 3.03. The van der Waals surface area contributed by atoms with Crippen LogP contribution in [0.4, 0.5) is 0 Å². The summed E-state index contributed by atoms with van der Waals surface area (Å²) < 4.78 is 0. The van der Waals surface area contributed by atoms with Gasteiger partial charge in [-0.05, 0) is 12.8 Å². The van der Waals surface area contributed by atoms with Crippen LogP contribution in [0.3, 0.4) is 0 Å². The lowest BCUT2D eigenvalue weighted by Crippen LogP contribution is -2.40. The van der Waals surface area contributed by atoms with Gasteiger partial charge in [-0.3, -0.25) is 0 Å². The fraction of sp³-hybridized carbons (Fsp3) is 1.00. The molecular weight excluding hydrogens is 126 g/mol. The van der Waals surface area contributed by atoms with Crippen molar-refractivity contribution < 1.29 is 0 Å². The maximum Gasteiger partial charge on any atom is 0.0190 e. The highest BCUT2D eigenvalue weighted by atomic mass is 15.0. The quantitative estimate of drug-likeness (QED) is 0.460. The Morgan fingerprint density at radius 1 is 1.40 bits per heavy atom. The van der Waals surface area contributed by atoms with Crippen LogP contribution in [0.2, 0.25) is 0 Å². The third kappa shape index (κ3) is 2.25. The van der Waals surface area contributed by atoms with Crippen LogP contribution in [-0.2, 0) is 0 Å². The third-order valence-electron chi connectivity index (χ3n) is 2.08. The Morgan fingerprint density at radius 2 is 2.20 bits per heavy atom. The number of nitrogens with two attached hydrogens (primary N) is 2. The molecule has 1 heterocycles. The summed E-state index contributed by atoms with van der Waals surface area (Å²) in [5.74, 6) is 0. The Bertz CT molecular complexity index is 94.9. The van der Waals surface area contributed by atoms with Gasteiger partial charge in [0.1, 0.15) is 0 Å². The first-order chi connectivity index (χ1) is 4.83. The molecule has 1 rings (SSSR count). The van der Waals surface area contributed by atoms with Gasteiger partial charge in [0.15, 0.2) is 0 Å². The van der Waals surface area contributed by atoms with Gasteiger partial charge in [0.2, 0.25) is 0 Å². The van der Waals surface area contributed by atoms with Gasteiger partial charge < -0.3 is 16.8 Å². The maximum atomic E-state index is 5.75. The van der Waals surface area contributed by atoms with Crippen molar-refractivity contribution in [3.05, 3.63) is 0 Å². The molecule has 0 unspecified atom stereocenters. The minimum atomic E-state index is 0.344. The maximum absolute atomic E-state index is 5.75.